The van der Waals surface area contributed by atoms with Crippen molar-refractivity contribution in [2.45, 2.75) is 6.92 Å². The molecule has 4 amide bonds. The molecule has 2 rings (SSSR count). The van der Waals surface area contributed by atoms with Gasteiger partial charge in [0.25, 0.3) is 5.24 Å². The molecular weight excluding hydrogens is 350 g/mol. The molecule has 10 heteroatoms. The summed E-state index contributed by atoms with van der Waals surface area (Å²) in [5.74, 6) is 0.174. The van der Waals surface area contributed by atoms with Crippen LogP contribution in [0.2, 0.25) is 0 Å². The van der Waals surface area contributed by atoms with Crippen LogP contribution in [0.4, 0.5) is 20.1 Å². The number of carbonyl (C=O) groups is 4. The molecule has 9 nitrogen and oxygen atoms in total. The van der Waals surface area contributed by atoms with Gasteiger partial charge in [0, 0.05) is 18.8 Å². The molecule has 25 heavy (non-hydrogen) atoms. The number of nitrogens with one attached hydrogen (secondary N) is 2. The number of carbonyl (C=O) groups excluding carboxylic acids is 4. The lowest BCUT2D eigenvalue weighted by Crippen LogP contribution is -2.39. The fourth-order valence-electron chi connectivity index (χ4n) is 1.90. The number of benzene rings is 1. The zero-order valence-corrected chi connectivity index (χ0v) is 14.3. The molecule has 0 bridgehead atoms. The summed E-state index contributed by atoms with van der Waals surface area (Å²) in [6, 6.07) is 5.64. The lowest BCUT2D eigenvalue weighted by Gasteiger charge is -2.13. The number of hydrogen-bond donors (Lipinski definition) is 2. The normalized spacial score (nSPS) is 13.6. The van der Waals surface area contributed by atoms with Crippen LogP contribution < -0.4 is 15.4 Å². The molecule has 1 aromatic carbocycles. The lowest BCUT2D eigenvalue weighted by atomic mass is 10.3. The molecule has 1 aliphatic heterocycles. The molecule has 2 N–H and O–H groups in total. The monoisotopic (exact) mass is 367 g/mol. The minimum absolute atomic E-state index is 0.129. The maximum Gasteiger partial charge on any atom is 0.513 e. The van der Waals surface area contributed by atoms with Crippen LogP contribution in [0.15, 0.2) is 24.3 Å². The first-order valence-electron chi connectivity index (χ1n) is 7.46. The second-order valence-electron chi connectivity index (χ2n) is 4.79. The quantitative estimate of drug-likeness (QED) is 0.584. The summed E-state index contributed by atoms with van der Waals surface area (Å²) >= 11 is 0.948. The van der Waals surface area contributed by atoms with E-state index in [-0.39, 0.29) is 42.3 Å². The van der Waals surface area contributed by atoms with E-state index in [1.54, 1.807) is 19.1 Å². The van der Waals surface area contributed by atoms with E-state index in [9.17, 15) is 19.2 Å². The third-order valence-corrected chi connectivity index (χ3v) is 3.90. The van der Waals surface area contributed by atoms with Gasteiger partial charge in [-0.1, -0.05) is 11.8 Å². The first kappa shape index (κ1) is 18.6. The minimum Gasteiger partial charge on any atom is -0.434 e. The number of ether oxygens (including phenoxy) is 2. The second-order valence-corrected chi connectivity index (χ2v) is 5.72. The van der Waals surface area contributed by atoms with E-state index >= 15 is 0 Å². The highest BCUT2D eigenvalue weighted by Crippen LogP contribution is 2.18. The number of imide groups is 1. The summed E-state index contributed by atoms with van der Waals surface area (Å²) in [7, 11) is 0. The number of anilines is 1. The molecule has 1 fully saturated rings. The van der Waals surface area contributed by atoms with Gasteiger partial charge in [0.1, 0.15) is 5.75 Å². The Morgan fingerprint density at radius 1 is 1.24 bits per heavy atom. The van der Waals surface area contributed by atoms with Crippen LogP contribution in [0, 0.1) is 0 Å². The van der Waals surface area contributed by atoms with Crippen molar-refractivity contribution < 1.29 is 28.7 Å². The van der Waals surface area contributed by atoms with Crippen molar-refractivity contribution in [3.05, 3.63) is 24.3 Å². The zero-order chi connectivity index (χ0) is 18.2. The minimum atomic E-state index is -0.801. The first-order chi connectivity index (χ1) is 12.0. The van der Waals surface area contributed by atoms with Crippen LogP contribution >= 0.6 is 11.8 Å². The van der Waals surface area contributed by atoms with Gasteiger partial charge >= 0.3 is 12.2 Å². The van der Waals surface area contributed by atoms with E-state index < -0.39 is 12.2 Å². The van der Waals surface area contributed by atoms with Gasteiger partial charge in [-0.25, -0.2) is 9.59 Å². The van der Waals surface area contributed by atoms with E-state index in [0.29, 0.717) is 5.69 Å². The predicted octanol–water partition coefficient (Wildman–Crippen LogP) is 2.04. The van der Waals surface area contributed by atoms with Gasteiger partial charge in [0.05, 0.1) is 12.4 Å². The topological polar surface area (TPSA) is 114 Å². The number of amides is 4. The van der Waals surface area contributed by atoms with Crippen LogP contribution in [-0.2, 0) is 9.53 Å². The average molecular weight is 367 g/mol. The van der Waals surface area contributed by atoms with Crippen LogP contribution in [0.5, 0.6) is 5.75 Å². The van der Waals surface area contributed by atoms with Gasteiger partial charge in [-0.15, -0.1) is 0 Å². The fraction of sp³-hybridized carbons (Fsp3) is 0.333. The molecule has 1 aliphatic rings. The number of nitrogens with zero attached hydrogens (tertiary/aromatic N) is 1. The maximum absolute atomic E-state index is 11.8. The summed E-state index contributed by atoms with van der Waals surface area (Å²) in [4.78, 5) is 46.9. The molecule has 134 valence electrons. The Balaban J connectivity index is 1.74. The van der Waals surface area contributed by atoms with Crippen molar-refractivity contribution in [2.75, 3.05) is 30.8 Å². The largest absolute Gasteiger partial charge is 0.513 e. The molecule has 1 aromatic rings. The van der Waals surface area contributed by atoms with Crippen molar-refractivity contribution in [1.82, 2.24) is 10.2 Å². The smallest absolute Gasteiger partial charge is 0.434 e. The first-order valence-corrected chi connectivity index (χ1v) is 8.44. The van der Waals surface area contributed by atoms with Gasteiger partial charge in [-0.3, -0.25) is 14.5 Å². The van der Waals surface area contributed by atoms with E-state index in [1.807, 2.05) is 0 Å². The molecule has 0 atom stereocenters. The van der Waals surface area contributed by atoms with E-state index in [1.165, 1.54) is 12.1 Å². The van der Waals surface area contributed by atoms with Crippen molar-refractivity contribution in [3.8, 4) is 5.75 Å². The molecule has 0 spiro atoms. The highest BCUT2D eigenvalue weighted by molar-refractivity contribution is 8.14. The molecule has 1 heterocycles. The van der Waals surface area contributed by atoms with Crippen molar-refractivity contribution >= 4 is 40.8 Å². The van der Waals surface area contributed by atoms with E-state index in [2.05, 4.69) is 15.4 Å². The van der Waals surface area contributed by atoms with Crippen molar-refractivity contribution in [2.24, 2.45) is 0 Å². The van der Waals surface area contributed by atoms with E-state index in [0.717, 1.165) is 16.7 Å². The lowest BCUT2D eigenvalue weighted by molar-refractivity contribution is -0.124. The molecular formula is C15H17N3O6S. The number of thioether (sulfide) groups is 1. The molecule has 1 saturated heterocycles. The third-order valence-electron chi connectivity index (χ3n) is 3.04. The summed E-state index contributed by atoms with van der Waals surface area (Å²) in [6.45, 7) is 2.16. The zero-order valence-electron chi connectivity index (χ0n) is 13.4. The SMILES string of the molecule is CCOC(=O)Oc1ccc(NC(=O)NCCN2C(=O)CSC2=O)cc1. The van der Waals surface area contributed by atoms with Gasteiger partial charge in [0.2, 0.25) is 5.91 Å². The highest BCUT2D eigenvalue weighted by Gasteiger charge is 2.29. The Hall–Kier alpha value is -2.75. The van der Waals surface area contributed by atoms with Crippen LogP contribution in [0.1, 0.15) is 6.92 Å². The number of rotatable bonds is 6. The molecule has 0 aliphatic carbocycles. The highest BCUT2D eigenvalue weighted by atomic mass is 32.2. The van der Waals surface area contributed by atoms with Crippen LogP contribution in [-0.4, -0.2) is 53.7 Å². The van der Waals surface area contributed by atoms with Crippen LogP contribution in [0.25, 0.3) is 0 Å². The Labute approximate surface area is 148 Å². The Bertz CT molecular complexity index is 648. The molecule has 0 unspecified atom stereocenters. The summed E-state index contributed by atoms with van der Waals surface area (Å²) in [5, 5.41) is 4.83. The Morgan fingerprint density at radius 3 is 2.56 bits per heavy atom. The van der Waals surface area contributed by atoms with E-state index in [4.69, 9.17) is 4.74 Å². The fourth-order valence-corrected chi connectivity index (χ4v) is 2.66. The number of hydrogen-bond acceptors (Lipinski definition) is 7. The van der Waals surface area contributed by atoms with Gasteiger partial charge in [-0.05, 0) is 31.2 Å². The second kappa shape index (κ2) is 8.92. The van der Waals surface area contributed by atoms with Crippen molar-refractivity contribution in [1.29, 1.82) is 0 Å². The van der Waals surface area contributed by atoms with Crippen molar-refractivity contribution in [3.63, 3.8) is 0 Å². The summed E-state index contributed by atoms with van der Waals surface area (Å²) < 4.78 is 9.54. The molecule has 0 aromatic heterocycles. The van der Waals surface area contributed by atoms with Gasteiger partial charge in [-0.2, -0.15) is 0 Å². The number of urea groups is 1. The maximum atomic E-state index is 11.8. The predicted molar refractivity (Wildman–Crippen MR) is 90.7 cm³/mol. The standard InChI is InChI=1S/C15H17N3O6S/c1-2-23-15(22)24-11-5-3-10(4-6-11)17-13(20)16-7-8-18-12(19)9-25-14(18)21/h3-6H,2,7-9H2,1H3,(H2,16,17,20). The van der Waals surface area contributed by atoms with Gasteiger partial charge in [0.15, 0.2) is 0 Å². The molecule has 0 saturated carbocycles. The average Bonchev–Trinajstić information content (AvgIpc) is 2.89. The van der Waals surface area contributed by atoms with Crippen LogP contribution in [0.3, 0.4) is 0 Å². The summed E-state index contributed by atoms with van der Waals surface area (Å²) in [5.41, 5.74) is 0.484. The van der Waals surface area contributed by atoms with Gasteiger partial charge < -0.3 is 20.1 Å². The summed E-state index contributed by atoms with van der Waals surface area (Å²) in [6.07, 6.45) is -0.801. The molecule has 0 radical (unpaired) electrons. The Morgan fingerprint density at radius 2 is 1.96 bits per heavy atom. The Kier molecular flexibility index (Phi) is 6.63. The third kappa shape index (κ3) is 5.68.